The number of hydrogen-bond acceptors (Lipinski definition) is 4. The Hall–Kier alpha value is -0.940. The highest BCUT2D eigenvalue weighted by Crippen LogP contribution is 2.19. The molecular weight excluding hydrogens is 264 g/mol. The average molecular weight is 292 g/mol. The van der Waals surface area contributed by atoms with Crippen molar-refractivity contribution in [3.8, 4) is 0 Å². The van der Waals surface area contributed by atoms with Crippen LogP contribution in [0.15, 0.2) is 30.3 Å². The Labute approximate surface area is 127 Å². The number of aliphatic hydroxyl groups excluding tert-OH is 1. The van der Waals surface area contributed by atoms with Crippen molar-refractivity contribution < 1.29 is 9.84 Å². The smallest absolute Gasteiger partial charge is 0.0900 e. The Kier molecular flexibility index (Phi) is 6.64. The van der Waals surface area contributed by atoms with Crippen LogP contribution < -0.4 is 5.73 Å². The quantitative estimate of drug-likeness (QED) is 0.804. The maximum atomic E-state index is 10.2. The molecule has 3 N–H and O–H groups in total. The lowest BCUT2D eigenvalue weighted by Gasteiger charge is -2.39. The Morgan fingerprint density at radius 3 is 2.81 bits per heavy atom. The molecule has 4 heteroatoms. The summed E-state index contributed by atoms with van der Waals surface area (Å²) < 4.78 is 5.61. The van der Waals surface area contributed by atoms with E-state index in [9.17, 15) is 5.11 Å². The molecule has 1 heterocycles. The summed E-state index contributed by atoms with van der Waals surface area (Å²) in [5, 5.41) is 10.2. The molecule has 1 aromatic carbocycles. The Morgan fingerprint density at radius 2 is 2.10 bits per heavy atom. The monoisotopic (exact) mass is 292 g/mol. The maximum absolute atomic E-state index is 10.2. The maximum Gasteiger partial charge on any atom is 0.0900 e. The van der Waals surface area contributed by atoms with Crippen molar-refractivity contribution in [2.24, 2.45) is 5.73 Å². The number of rotatable bonds is 7. The topological polar surface area (TPSA) is 58.7 Å². The summed E-state index contributed by atoms with van der Waals surface area (Å²) in [6.07, 6.45) is 3.12. The van der Waals surface area contributed by atoms with Crippen LogP contribution in [0.4, 0.5) is 0 Å². The van der Waals surface area contributed by atoms with Crippen molar-refractivity contribution in [1.29, 1.82) is 0 Å². The largest absolute Gasteiger partial charge is 0.389 e. The van der Waals surface area contributed by atoms with Gasteiger partial charge >= 0.3 is 0 Å². The van der Waals surface area contributed by atoms with E-state index in [2.05, 4.69) is 11.8 Å². The van der Waals surface area contributed by atoms with Gasteiger partial charge in [0.15, 0.2) is 0 Å². The summed E-state index contributed by atoms with van der Waals surface area (Å²) in [6, 6.07) is 10.6. The molecule has 0 aliphatic carbocycles. The number of β-amino-alcohol motifs (C(OH)–C–C–N with tert-alkyl or cyclic N) is 1. The van der Waals surface area contributed by atoms with E-state index in [4.69, 9.17) is 10.5 Å². The van der Waals surface area contributed by atoms with Gasteiger partial charge in [-0.25, -0.2) is 0 Å². The minimum atomic E-state index is -0.451. The van der Waals surface area contributed by atoms with Gasteiger partial charge in [-0.2, -0.15) is 0 Å². The van der Waals surface area contributed by atoms with Crippen LogP contribution in [0.2, 0.25) is 0 Å². The molecule has 0 bridgehead atoms. The summed E-state index contributed by atoms with van der Waals surface area (Å²) in [6.45, 7) is 4.66. The molecule has 1 aliphatic rings. The first kappa shape index (κ1) is 16.4. The fourth-order valence-corrected chi connectivity index (χ4v) is 3.05. The van der Waals surface area contributed by atoms with Crippen LogP contribution in [0, 0.1) is 0 Å². The van der Waals surface area contributed by atoms with E-state index in [0.717, 1.165) is 18.5 Å². The van der Waals surface area contributed by atoms with Crippen LogP contribution in [0.25, 0.3) is 0 Å². The number of hydrogen-bond donors (Lipinski definition) is 2. The van der Waals surface area contributed by atoms with Gasteiger partial charge in [0.2, 0.25) is 0 Å². The van der Waals surface area contributed by atoms with Crippen molar-refractivity contribution in [2.75, 3.05) is 19.7 Å². The predicted octanol–water partition coefficient (Wildman–Crippen LogP) is 1.77. The van der Waals surface area contributed by atoms with Gasteiger partial charge in [0.25, 0.3) is 0 Å². The number of aliphatic hydroxyl groups is 1. The van der Waals surface area contributed by atoms with Gasteiger partial charge in [0.1, 0.15) is 0 Å². The van der Waals surface area contributed by atoms with E-state index < -0.39 is 6.10 Å². The molecule has 0 spiro atoms. The number of ether oxygens (including phenoxy) is 1. The van der Waals surface area contributed by atoms with Gasteiger partial charge in [-0.15, -0.1) is 0 Å². The highest BCUT2D eigenvalue weighted by atomic mass is 16.5. The summed E-state index contributed by atoms with van der Waals surface area (Å²) in [5.41, 5.74) is 7.19. The highest BCUT2D eigenvalue weighted by molar-refractivity contribution is 5.13. The summed E-state index contributed by atoms with van der Waals surface area (Å²) in [7, 11) is 0. The average Bonchev–Trinajstić information content (AvgIpc) is 2.48. The second-order valence-electron chi connectivity index (χ2n) is 6.07. The lowest BCUT2D eigenvalue weighted by Crippen LogP contribution is -2.51. The van der Waals surface area contributed by atoms with E-state index in [1.165, 1.54) is 12.8 Å². The summed E-state index contributed by atoms with van der Waals surface area (Å²) in [4.78, 5) is 2.32. The van der Waals surface area contributed by atoms with Gasteiger partial charge in [-0.1, -0.05) is 36.8 Å². The van der Waals surface area contributed by atoms with Crippen LogP contribution >= 0.6 is 0 Å². The number of likely N-dealkylation sites (tertiary alicyclic amines) is 1. The van der Waals surface area contributed by atoms with Crippen LogP contribution in [0.1, 0.15) is 31.7 Å². The normalized spacial score (nSPS) is 22.9. The minimum absolute atomic E-state index is 0.155. The van der Waals surface area contributed by atoms with Crippen LogP contribution in [0.5, 0.6) is 0 Å². The van der Waals surface area contributed by atoms with E-state index in [0.29, 0.717) is 25.8 Å². The zero-order valence-corrected chi connectivity index (χ0v) is 12.9. The molecule has 1 aromatic rings. The number of nitrogens with two attached hydrogens (primary N) is 1. The van der Waals surface area contributed by atoms with Crippen molar-refractivity contribution >= 4 is 0 Å². The van der Waals surface area contributed by atoms with E-state index in [1.807, 2.05) is 30.3 Å². The van der Waals surface area contributed by atoms with E-state index in [1.54, 1.807) is 0 Å². The molecule has 3 atom stereocenters. The lowest BCUT2D eigenvalue weighted by molar-refractivity contribution is -0.00567. The van der Waals surface area contributed by atoms with E-state index >= 15 is 0 Å². The van der Waals surface area contributed by atoms with Gasteiger partial charge in [0, 0.05) is 18.6 Å². The van der Waals surface area contributed by atoms with Gasteiger partial charge < -0.3 is 15.6 Å². The fourth-order valence-electron chi connectivity index (χ4n) is 3.05. The van der Waals surface area contributed by atoms with Gasteiger partial charge in [0.05, 0.1) is 19.3 Å². The standard InChI is InChI=1S/C17H28N2O2/c1-14(18)17-9-5-6-10-19(17)11-16(20)13-21-12-15-7-3-2-4-8-15/h2-4,7-8,14,16-17,20H,5-6,9-13,18H2,1H3. The van der Waals surface area contributed by atoms with Crippen LogP contribution in [-0.4, -0.2) is 47.9 Å². The zero-order valence-electron chi connectivity index (χ0n) is 12.9. The Morgan fingerprint density at radius 1 is 1.33 bits per heavy atom. The molecule has 0 radical (unpaired) electrons. The number of piperidine rings is 1. The van der Waals surface area contributed by atoms with Crippen molar-refractivity contribution in [2.45, 2.75) is 51.0 Å². The predicted molar refractivity (Wildman–Crippen MR) is 85.0 cm³/mol. The van der Waals surface area contributed by atoms with E-state index in [-0.39, 0.29) is 6.04 Å². The van der Waals surface area contributed by atoms with Crippen LogP contribution in [0.3, 0.4) is 0 Å². The van der Waals surface area contributed by atoms with Gasteiger partial charge in [-0.05, 0) is 31.9 Å². The zero-order chi connectivity index (χ0) is 15.1. The summed E-state index contributed by atoms with van der Waals surface area (Å²) in [5.74, 6) is 0. The molecule has 0 saturated carbocycles. The first-order chi connectivity index (χ1) is 10.2. The van der Waals surface area contributed by atoms with Gasteiger partial charge in [-0.3, -0.25) is 4.90 Å². The molecule has 0 amide bonds. The number of nitrogens with zero attached hydrogens (tertiary/aromatic N) is 1. The second kappa shape index (κ2) is 8.49. The highest BCUT2D eigenvalue weighted by Gasteiger charge is 2.26. The molecule has 4 nitrogen and oxygen atoms in total. The summed E-state index contributed by atoms with van der Waals surface area (Å²) >= 11 is 0. The third-order valence-electron chi connectivity index (χ3n) is 4.14. The molecule has 1 aliphatic heterocycles. The third kappa shape index (κ3) is 5.40. The van der Waals surface area contributed by atoms with Crippen LogP contribution in [-0.2, 0) is 11.3 Å². The molecule has 3 unspecified atom stereocenters. The molecule has 1 saturated heterocycles. The molecule has 0 aromatic heterocycles. The second-order valence-corrected chi connectivity index (χ2v) is 6.07. The molecule has 118 valence electrons. The first-order valence-corrected chi connectivity index (χ1v) is 7.96. The van der Waals surface area contributed by atoms with Crippen molar-refractivity contribution in [3.63, 3.8) is 0 Å². The Balaban J connectivity index is 1.72. The molecule has 2 rings (SSSR count). The lowest BCUT2D eigenvalue weighted by atomic mass is 9.96. The van der Waals surface area contributed by atoms with Crippen molar-refractivity contribution in [3.05, 3.63) is 35.9 Å². The molecular formula is C17H28N2O2. The van der Waals surface area contributed by atoms with Crippen molar-refractivity contribution in [1.82, 2.24) is 4.90 Å². The SMILES string of the molecule is CC(N)C1CCCCN1CC(O)COCc1ccccc1. The minimum Gasteiger partial charge on any atom is -0.389 e. The Bertz CT molecular complexity index is 397. The molecule has 21 heavy (non-hydrogen) atoms. The fraction of sp³-hybridized carbons (Fsp3) is 0.647. The molecule has 1 fully saturated rings. The first-order valence-electron chi connectivity index (χ1n) is 7.96. The third-order valence-corrected chi connectivity index (χ3v) is 4.14. The number of benzene rings is 1.